The molecule has 1 aliphatic rings. The van der Waals surface area contributed by atoms with E-state index in [0.717, 1.165) is 24.3 Å². The first-order valence-corrected chi connectivity index (χ1v) is 7.33. The lowest BCUT2D eigenvalue weighted by atomic mass is 9.83. The SMILES string of the molecule is CC(C)CCC(CN)(C1CC1)N(C)CC(C)C. The summed E-state index contributed by atoms with van der Waals surface area (Å²) in [7, 11) is 2.28. The van der Waals surface area contributed by atoms with E-state index in [4.69, 9.17) is 5.73 Å². The predicted octanol–water partition coefficient (Wildman–Crippen LogP) is 3.12. The topological polar surface area (TPSA) is 29.3 Å². The van der Waals surface area contributed by atoms with Gasteiger partial charge in [0.1, 0.15) is 0 Å². The average molecular weight is 240 g/mol. The van der Waals surface area contributed by atoms with Crippen molar-refractivity contribution in [2.75, 3.05) is 20.1 Å². The number of nitrogens with zero attached hydrogens (tertiary/aromatic N) is 1. The predicted molar refractivity (Wildman–Crippen MR) is 76.0 cm³/mol. The van der Waals surface area contributed by atoms with Crippen LogP contribution in [0.4, 0.5) is 0 Å². The second-order valence-electron chi connectivity index (χ2n) is 6.79. The molecule has 1 saturated carbocycles. The van der Waals surface area contributed by atoms with Crippen LogP contribution in [-0.4, -0.2) is 30.6 Å². The summed E-state index contributed by atoms with van der Waals surface area (Å²) in [6.45, 7) is 11.2. The number of hydrogen-bond donors (Lipinski definition) is 1. The fourth-order valence-electron chi connectivity index (χ4n) is 3.02. The molecule has 1 atom stereocenters. The third kappa shape index (κ3) is 3.96. The Hall–Kier alpha value is -0.0800. The minimum Gasteiger partial charge on any atom is -0.329 e. The molecule has 0 heterocycles. The zero-order chi connectivity index (χ0) is 13.1. The number of rotatable bonds is 8. The van der Waals surface area contributed by atoms with E-state index in [9.17, 15) is 0 Å². The van der Waals surface area contributed by atoms with Crippen molar-refractivity contribution in [1.82, 2.24) is 4.90 Å². The molecule has 0 aromatic carbocycles. The van der Waals surface area contributed by atoms with Crippen LogP contribution in [0.15, 0.2) is 0 Å². The molecule has 0 radical (unpaired) electrons. The summed E-state index contributed by atoms with van der Waals surface area (Å²) in [6, 6.07) is 0. The Kier molecular flexibility index (Phi) is 5.46. The Morgan fingerprint density at radius 1 is 1.18 bits per heavy atom. The van der Waals surface area contributed by atoms with Crippen molar-refractivity contribution >= 4 is 0 Å². The van der Waals surface area contributed by atoms with Gasteiger partial charge >= 0.3 is 0 Å². The summed E-state index contributed by atoms with van der Waals surface area (Å²) >= 11 is 0. The second-order valence-corrected chi connectivity index (χ2v) is 6.79. The van der Waals surface area contributed by atoms with Crippen molar-refractivity contribution < 1.29 is 0 Å². The molecule has 0 aromatic heterocycles. The summed E-state index contributed by atoms with van der Waals surface area (Å²) in [5, 5.41) is 0. The smallest absolute Gasteiger partial charge is 0.0356 e. The van der Waals surface area contributed by atoms with Gasteiger partial charge in [-0.15, -0.1) is 0 Å². The summed E-state index contributed by atoms with van der Waals surface area (Å²) in [5.74, 6) is 2.37. The van der Waals surface area contributed by atoms with E-state index in [2.05, 4.69) is 39.6 Å². The second kappa shape index (κ2) is 6.19. The van der Waals surface area contributed by atoms with Gasteiger partial charge in [0.25, 0.3) is 0 Å². The highest BCUT2D eigenvalue weighted by atomic mass is 15.2. The lowest BCUT2D eigenvalue weighted by molar-refractivity contribution is 0.0741. The van der Waals surface area contributed by atoms with Crippen LogP contribution >= 0.6 is 0 Å². The first kappa shape index (κ1) is 15.0. The highest BCUT2D eigenvalue weighted by Gasteiger charge is 2.46. The van der Waals surface area contributed by atoms with Crippen LogP contribution in [0.3, 0.4) is 0 Å². The molecule has 0 spiro atoms. The molecule has 0 bridgehead atoms. The Balaban J connectivity index is 2.69. The molecule has 1 rings (SSSR count). The maximum absolute atomic E-state index is 6.17. The van der Waals surface area contributed by atoms with Gasteiger partial charge in [0.05, 0.1) is 0 Å². The first-order valence-electron chi connectivity index (χ1n) is 7.33. The molecule has 2 N–H and O–H groups in total. The standard InChI is InChI=1S/C15H32N2/c1-12(2)8-9-15(11-16,14-6-7-14)17(5)10-13(3)4/h12-14H,6-11,16H2,1-5H3. The van der Waals surface area contributed by atoms with Crippen LogP contribution in [0.25, 0.3) is 0 Å². The zero-order valence-electron chi connectivity index (χ0n) is 12.5. The van der Waals surface area contributed by atoms with E-state index in [-0.39, 0.29) is 5.54 Å². The summed E-state index contributed by atoms with van der Waals surface area (Å²) in [6.07, 6.45) is 5.35. The quantitative estimate of drug-likeness (QED) is 0.706. The lowest BCUT2D eigenvalue weighted by Crippen LogP contribution is -2.55. The van der Waals surface area contributed by atoms with Gasteiger partial charge in [0.2, 0.25) is 0 Å². The molecule has 1 fully saturated rings. The van der Waals surface area contributed by atoms with Crippen molar-refractivity contribution in [2.45, 2.75) is 58.9 Å². The summed E-state index contributed by atoms with van der Waals surface area (Å²) < 4.78 is 0. The van der Waals surface area contributed by atoms with Crippen LogP contribution in [-0.2, 0) is 0 Å². The maximum Gasteiger partial charge on any atom is 0.0356 e. The van der Waals surface area contributed by atoms with Gasteiger partial charge in [-0.05, 0) is 50.5 Å². The van der Waals surface area contributed by atoms with Crippen LogP contribution in [0.5, 0.6) is 0 Å². The highest BCUT2D eigenvalue weighted by Crippen LogP contribution is 2.45. The Morgan fingerprint density at radius 3 is 2.12 bits per heavy atom. The van der Waals surface area contributed by atoms with Gasteiger partial charge in [0.15, 0.2) is 0 Å². The Bertz CT molecular complexity index is 221. The minimum absolute atomic E-state index is 0.286. The van der Waals surface area contributed by atoms with Crippen LogP contribution < -0.4 is 5.73 Å². The van der Waals surface area contributed by atoms with Gasteiger partial charge in [-0.25, -0.2) is 0 Å². The molecule has 102 valence electrons. The summed E-state index contributed by atoms with van der Waals surface area (Å²) in [5.41, 5.74) is 6.46. The molecule has 0 aliphatic heterocycles. The van der Waals surface area contributed by atoms with Gasteiger partial charge in [-0.3, -0.25) is 4.90 Å². The molecule has 17 heavy (non-hydrogen) atoms. The van der Waals surface area contributed by atoms with Gasteiger partial charge in [-0.2, -0.15) is 0 Å². The minimum atomic E-state index is 0.286. The van der Waals surface area contributed by atoms with E-state index in [1.54, 1.807) is 0 Å². The number of nitrogens with two attached hydrogens (primary N) is 1. The monoisotopic (exact) mass is 240 g/mol. The molecular weight excluding hydrogens is 208 g/mol. The largest absolute Gasteiger partial charge is 0.329 e. The number of likely N-dealkylation sites (N-methyl/N-ethyl adjacent to an activating group) is 1. The zero-order valence-corrected chi connectivity index (χ0v) is 12.5. The van der Waals surface area contributed by atoms with Crippen molar-refractivity contribution in [3.8, 4) is 0 Å². The fraction of sp³-hybridized carbons (Fsp3) is 1.00. The van der Waals surface area contributed by atoms with Crippen LogP contribution in [0.1, 0.15) is 53.4 Å². The van der Waals surface area contributed by atoms with Crippen LogP contribution in [0.2, 0.25) is 0 Å². The molecule has 1 unspecified atom stereocenters. The molecule has 2 nitrogen and oxygen atoms in total. The Labute approximate surface area is 108 Å². The highest BCUT2D eigenvalue weighted by molar-refractivity contribution is 5.02. The van der Waals surface area contributed by atoms with Gasteiger partial charge in [0, 0.05) is 18.6 Å². The van der Waals surface area contributed by atoms with E-state index >= 15 is 0 Å². The molecule has 2 heteroatoms. The third-order valence-electron chi connectivity index (χ3n) is 4.24. The molecule has 0 saturated heterocycles. The molecule has 0 amide bonds. The Morgan fingerprint density at radius 2 is 1.76 bits per heavy atom. The van der Waals surface area contributed by atoms with Gasteiger partial charge < -0.3 is 5.73 Å². The third-order valence-corrected chi connectivity index (χ3v) is 4.24. The number of hydrogen-bond acceptors (Lipinski definition) is 2. The molecule has 0 aromatic rings. The van der Waals surface area contributed by atoms with Crippen molar-refractivity contribution in [3.63, 3.8) is 0 Å². The average Bonchev–Trinajstić information content (AvgIpc) is 3.02. The van der Waals surface area contributed by atoms with E-state index in [1.165, 1.54) is 32.2 Å². The van der Waals surface area contributed by atoms with Crippen molar-refractivity contribution in [3.05, 3.63) is 0 Å². The summed E-state index contributed by atoms with van der Waals surface area (Å²) in [4.78, 5) is 2.57. The van der Waals surface area contributed by atoms with Crippen molar-refractivity contribution in [1.29, 1.82) is 0 Å². The normalized spacial score (nSPS) is 20.3. The van der Waals surface area contributed by atoms with Crippen LogP contribution in [0, 0.1) is 17.8 Å². The molecule has 1 aliphatic carbocycles. The maximum atomic E-state index is 6.17. The van der Waals surface area contributed by atoms with E-state index in [1.807, 2.05) is 0 Å². The van der Waals surface area contributed by atoms with Gasteiger partial charge in [-0.1, -0.05) is 27.7 Å². The fourth-order valence-corrected chi connectivity index (χ4v) is 3.02. The first-order chi connectivity index (χ1) is 7.92. The van der Waals surface area contributed by atoms with Crippen molar-refractivity contribution in [2.24, 2.45) is 23.5 Å². The van der Waals surface area contributed by atoms with E-state index in [0.29, 0.717) is 0 Å². The van der Waals surface area contributed by atoms with E-state index < -0.39 is 0 Å². The molecular formula is C15H32N2. The lowest BCUT2D eigenvalue weighted by Gasteiger charge is -2.43.